The van der Waals surface area contributed by atoms with Crippen LogP contribution in [0, 0.1) is 0 Å². The summed E-state index contributed by atoms with van der Waals surface area (Å²) >= 11 is 0. The van der Waals surface area contributed by atoms with Crippen LogP contribution >= 0.6 is 0 Å². The number of nitrogens with zero attached hydrogens (tertiary/aromatic N) is 1. The minimum absolute atomic E-state index is 0.135. The third kappa shape index (κ3) is 5.19. The average Bonchev–Trinajstić information content (AvgIpc) is 2.30. The van der Waals surface area contributed by atoms with Crippen LogP contribution in [0.5, 0.6) is 0 Å². The Labute approximate surface area is 105 Å². The molecular weight excluding hydrogens is 236 g/mol. The Kier molecular flexibility index (Phi) is 6.16. The van der Waals surface area contributed by atoms with Crippen LogP contribution in [0.4, 0.5) is 0 Å². The van der Waals surface area contributed by atoms with Crippen molar-refractivity contribution in [3.05, 3.63) is 12.7 Å². The summed E-state index contributed by atoms with van der Waals surface area (Å²) in [5.74, 6) is 0.234. The average molecular weight is 260 g/mol. The van der Waals surface area contributed by atoms with E-state index in [0.717, 1.165) is 38.6 Å². The number of hydrogen-bond acceptors (Lipinski definition) is 3. The lowest BCUT2D eigenvalue weighted by Crippen LogP contribution is -2.43. The molecule has 0 bridgehead atoms. The molecule has 100 valence electrons. The van der Waals surface area contributed by atoms with Crippen LogP contribution < -0.4 is 5.32 Å². The van der Waals surface area contributed by atoms with Gasteiger partial charge in [0.05, 0.1) is 5.75 Å². The van der Waals surface area contributed by atoms with E-state index in [-0.39, 0.29) is 11.8 Å². The van der Waals surface area contributed by atoms with Crippen LogP contribution in [0.1, 0.15) is 32.1 Å². The maximum absolute atomic E-state index is 12.1. The molecule has 4 nitrogen and oxygen atoms in total. The normalized spacial score (nSPS) is 21.6. The Morgan fingerprint density at radius 1 is 1.47 bits per heavy atom. The number of allylic oxidation sites excluding steroid dienone is 1. The summed E-state index contributed by atoms with van der Waals surface area (Å²) in [5.41, 5.74) is 0. The van der Waals surface area contributed by atoms with Gasteiger partial charge in [0.2, 0.25) is 10.0 Å². The fraction of sp³-hybridized carbons (Fsp3) is 0.833. The molecule has 0 radical (unpaired) electrons. The van der Waals surface area contributed by atoms with Crippen molar-refractivity contribution in [1.29, 1.82) is 0 Å². The molecule has 0 saturated carbocycles. The van der Waals surface area contributed by atoms with Crippen molar-refractivity contribution >= 4 is 10.0 Å². The van der Waals surface area contributed by atoms with Gasteiger partial charge in [0.25, 0.3) is 0 Å². The molecule has 0 aromatic rings. The molecule has 0 aromatic carbocycles. The van der Waals surface area contributed by atoms with E-state index in [1.807, 2.05) is 6.08 Å². The summed E-state index contributed by atoms with van der Waals surface area (Å²) in [6.45, 7) is 5.16. The number of hydrogen-bond donors (Lipinski definition) is 1. The molecule has 1 aliphatic rings. The van der Waals surface area contributed by atoms with Crippen molar-refractivity contribution in [2.24, 2.45) is 0 Å². The Morgan fingerprint density at radius 2 is 2.24 bits per heavy atom. The summed E-state index contributed by atoms with van der Waals surface area (Å²) in [5, 5.41) is 3.28. The molecule has 1 rings (SSSR count). The number of rotatable bonds is 7. The molecular formula is C12H24N2O2S. The number of sulfonamides is 1. The predicted molar refractivity (Wildman–Crippen MR) is 71.5 cm³/mol. The van der Waals surface area contributed by atoms with E-state index in [2.05, 4.69) is 11.9 Å². The van der Waals surface area contributed by atoms with Crippen LogP contribution in [-0.2, 0) is 10.0 Å². The van der Waals surface area contributed by atoms with Gasteiger partial charge in [-0.1, -0.05) is 12.5 Å². The van der Waals surface area contributed by atoms with E-state index in [0.29, 0.717) is 6.54 Å². The van der Waals surface area contributed by atoms with Gasteiger partial charge in [0.15, 0.2) is 0 Å². The molecule has 0 amide bonds. The second-order valence-corrected chi connectivity index (χ2v) is 6.80. The lowest BCUT2D eigenvalue weighted by atomic mass is 10.1. The van der Waals surface area contributed by atoms with Crippen molar-refractivity contribution in [3.8, 4) is 0 Å². The summed E-state index contributed by atoms with van der Waals surface area (Å²) < 4.78 is 25.6. The van der Waals surface area contributed by atoms with Gasteiger partial charge >= 0.3 is 0 Å². The van der Waals surface area contributed by atoms with Gasteiger partial charge < -0.3 is 5.32 Å². The maximum atomic E-state index is 12.1. The molecule has 17 heavy (non-hydrogen) atoms. The lowest BCUT2D eigenvalue weighted by Gasteiger charge is -2.25. The predicted octanol–water partition coefficient (Wildman–Crippen LogP) is 1.36. The van der Waals surface area contributed by atoms with Gasteiger partial charge in [-0.2, -0.15) is 0 Å². The fourth-order valence-corrected chi connectivity index (χ4v) is 3.50. The van der Waals surface area contributed by atoms with E-state index >= 15 is 0 Å². The van der Waals surface area contributed by atoms with Crippen LogP contribution in [0.25, 0.3) is 0 Å². The topological polar surface area (TPSA) is 49.4 Å². The van der Waals surface area contributed by atoms with E-state index in [9.17, 15) is 8.42 Å². The first kappa shape index (κ1) is 14.7. The van der Waals surface area contributed by atoms with Crippen molar-refractivity contribution in [1.82, 2.24) is 9.62 Å². The highest BCUT2D eigenvalue weighted by molar-refractivity contribution is 7.89. The van der Waals surface area contributed by atoms with Crippen LogP contribution in [0.2, 0.25) is 0 Å². The quantitative estimate of drug-likeness (QED) is 0.555. The summed E-state index contributed by atoms with van der Waals surface area (Å²) in [6.07, 6.45) is 6.79. The Morgan fingerprint density at radius 3 is 2.82 bits per heavy atom. The highest BCUT2D eigenvalue weighted by Gasteiger charge is 2.24. The van der Waals surface area contributed by atoms with Gasteiger partial charge in [-0.15, -0.1) is 6.58 Å². The first-order valence-electron chi connectivity index (χ1n) is 6.34. The molecule has 1 unspecified atom stereocenters. The second kappa shape index (κ2) is 7.13. The zero-order chi connectivity index (χ0) is 12.7. The van der Waals surface area contributed by atoms with Gasteiger partial charge in [0, 0.05) is 19.6 Å². The molecule has 1 atom stereocenters. The van der Waals surface area contributed by atoms with Crippen LogP contribution in [-0.4, -0.2) is 44.7 Å². The van der Waals surface area contributed by atoms with Crippen LogP contribution in [0.3, 0.4) is 0 Å². The van der Waals surface area contributed by atoms with E-state index in [4.69, 9.17) is 0 Å². The fourth-order valence-electron chi connectivity index (χ4n) is 2.05. The van der Waals surface area contributed by atoms with Crippen molar-refractivity contribution in [2.45, 2.75) is 38.1 Å². The number of unbranched alkanes of at least 4 members (excludes halogenated alkanes) is 1. The van der Waals surface area contributed by atoms with Gasteiger partial charge in [0.1, 0.15) is 0 Å². The molecule has 0 aromatic heterocycles. The minimum Gasteiger partial charge on any atom is -0.313 e. The largest absolute Gasteiger partial charge is 0.313 e. The van der Waals surface area contributed by atoms with Gasteiger partial charge in [-0.25, -0.2) is 12.7 Å². The summed E-state index contributed by atoms with van der Waals surface area (Å²) in [4.78, 5) is 0. The number of piperidine rings is 1. The Balaban J connectivity index is 2.40. The molecule has 1 fully saturated rings. The van der Waals surface area contributed by atoms with Crippen LogP contribution in [0.15, 0.2) is 12.7 Å². The molecule has 1 N–H and O–H groups in total. The molecule has 0 spiro atoms. The zero-order valence-electron chi connectivity index (χ0n) is 10.7. The Hall–Kier alpha value is -0.390. The minimum atomic E-state index is -3.10. The van der Waals surface area contributed by atoms with Crippen molar-refractivity contribution < 1.29 is 8.42 Å². The van der Waals surface area contributed by atoms with E-state index < -0.39 is 10.0 Å². The smallest absolute Gasteiger partial charge is 0.215 e. The van der Waals surface area contributed by atoms with Crippen molar-refractivity contribution in [3.63, 3.8) is 0 Å². The third-order valence-corrected chi connectivity index (χ3v) is 5.14. The first-order chi connectivity index (χ1) is 8.06. The number of nitrogens with one attached hydrogen (secondary N) is 1. The highest BCUT2D eigenvalue weighted by Crippen LogP contribution is 2.11. The highest BCUT2D eigenvalue weighted by atomic mass is 32.2. The standard InChI is InChI=1S/C12H24N2O2S/c1-3-4-7-10-14(2)17(15,16)11-12-8-5-6-9-13-12/h3,12-13H,1,4-11H2,2H3. The van der Waals surface area contributed by atoms with Gasteiger partial charge in [-0.05, 0) is 32.2 Å². The summed E-state index contributed by atoms with van der Waals surface area (Å²) in [6, 6.07) is 0.135. The molecule has 5 heteroatoms. The third-order valence-electron chi connectivity index (χ3n) is 3.18. The monoisotopic (exact) mass is 260 g/mol. The lowest BCUT2D eigenvalue weighted by molar-refractivity contribution is 0.408. The summed E-state index contributed by atoms with van der Waals surface area (Å²) in [7, 11) is -1.44. The van der Waals surface area contributed by atoms with E-state index in [1.165, 1.54) is 4.31 Å². The SMILES string of the molecule is C=CCCCN(C)S(=O)(=O)CC1CCCCN1. The first-order valence-corrected chi connectivity index (χ1v) is 7.95. The molecule has 1 aliphatic heterocycles. The zero-order valence-corrected chi connectivity index (χ0v) is 11.5. The van der Waals surface area contributed by atoms with Crippen molar-refractivity contribution in [2.75, 3.05) is 25.9 Å². The molecule has 0 aliphatic carbocycles. The maximum Gasteiger partial charge on any atom is 0.215 e. The molecule has 1 saturated heterocycles. The Bertz CT molecular complexity index is 321. The second-order valence-electron chi connectivity index (χ2n) is 4.68. The molecule has 1 heterocycles. The van der Waals surface area contributed by atoms with Gasteiger partial charge in [-0.3, -0.25) is 0 Å². The van der Waals surface area contributed by atoms with E-state index in [1.54, 1.807) is 7.05 Å².